The summed E-state index contributed by atoms with van der Waals surface area (Å²) < 4.78 is 0. The molecule has 1 unspecified atom stereocenters. The summed E-state index contributed by atoms with van der Waals surface area (Å²) in [7, 11) is 0. The summed E-state index contributed by atoms with van der Waals surface area (Å²) in [5.41, 5.74) is 0. The summed E-state index contributed by atoms with van der Waals surface area (Å²) in [5.74, 6) is 3.55. The molecule has 0 saturated carbocycles. The predicted molar refractivity (Wildman–Crippen MR) is 50.0 cm³/mol. The molecule has 0 aliphatic carbocycles. The van der Waals surface area contributed by atoms with Gasteiger partial charge in [0.1, 0.15) is 0 Å². The second-order valence-corrected chi connectivity index (χ2v) is 4.16. The highest BCUT2D eigenvalue weighted by molar-refractivity contribution is 7.99. The normalized spacial score (nSPS) is 24.3. The van der Waals surface area contributed by atoms with E-state index in [4.69, 9.17) is 5.11 Å². The molecule has 3 heteroatoms. The summed E-state index contributed by atoms with van der Waals surface area (Å²) in [6, 6.07) is 0. The Morgan fingerprint density at radius 1 is 1.55 bits per heavy atom. The van der Waals surface area contributed by atoms with Crippen molar-refractivity contribution < 1.29 is 5.11 Å². The second-order valence-electron chi connectivity index (χ2n) is 3.01. The molecule has 0 aromatic carbocycles. The first kappa shape index (κ1) is 9.36. The molecule has 11 heavy (non-hydrogen) atoms. The van der Waals surface area contributed by atoms with Gasteiger partial charge in [-0.1, -0.05) is 0 Å². The van der Waals surface area contributed by atoms with Crippen LogP contribution in [0.1, 0.15) is 12.8 Å². The highest BCUT2D eigenvalue weighted by Gasteiger charge is 2.13. The Balaban J connectivity index is 1.86. The van der Waals surface area contributed by atoms with Crippen LogP contribution in [0.5, 0.6) is 0 Å². The number of nitrogens with one attached hydrogen (secondary N) is 1. The fourth-order valence-electron chi connectivity index (χ4n) is 1.25. The number of rotatable bonds is 5. The van der Waals surface area contributed by atoms with Crippen LogP contribution in [-0.2, 0) is 0 Å². The van der Waals surface area contributed by atoms with E-state index in [1.54, 1.807) is 0 Å². The fourth-order valence-corrected chi connectivity index (χ4v) is 2.54. The van der Waals surface area contributed by atoms with Gasteiger partial charge < -0.3 is 10.4 Å². The van der Waals surface area contributed by atoms with Gasteiger partial charge in [-0.3, -0.25) is 0 Å². The van der Waals surface area contributed by atoms with Crippen molar-refractivity contribution >= 4 is 11.8 Å². The van der Waals surface area contributed by atoms with Crippen molar-refractivity contribution in [3.8, 4) is 0 Å². The van der Waals surface area contributed by atoms with E-state index >= 15 is 0 Å². The van der Waals surface area contributed by atoms with Gasteiger partial charge in [0.25, 0.3) is 0 Å². The summed E-state index contributed by atoms with van der Waals surface area (Å²) >= 11 is 2.06. The van der Waals surface area contributed by atoms with Gasteiger partial charge in [-0.25, -0.2) is 0 Å². The van der Waals surface area contributed by atoms with E-state index in [9.17, 15) is 0 Å². The Labute approximate surface area is 72.8 Å². The first-order valence-corrected chi connectivity index (χ1v) is 5.48. The molecule has 0 spiro atoms. The molecule has 1 aliphatic heterocycles. The molecule has 0 bridgehead atoms. The number of hydrogen-bond donors (Lipinski definition) is 2. The van der Waals surface area contributed by atoms with Crippen LogP contribution in [0.25, 0.3) is 0 Å². The van der Waals surface area contributed by atoms with Crippen molar-refractivity contribution in [3.63, 3.8) is 0 Å². The molecular weight excluding hydrogens is 158 g/mol. The van der Waals surface area contributed by atoms with Crippen LogP contribution in [-0.4, -0.2) is 36.3 Å². The first-order chi connectivity index (χ1) is 5.43. The lowest BCUT2D eigenvalue weighted by atomic mass is 10.1. The quantitative estimate of drug-likeness (QED) is 0.604. The summed E-state index contributed by atoms with van der Waals surface area (Å²) in [5, 5.41) is 11.9. The maximum absolute atomic E-state index is 8.51. The molecule has 66 valence electrons. The SMILES string of the molecule is OCCCNCC1CCSC1. The van der Waals surface area contributed by atoms with Crippen molar-refractivity contribution in [2.75, 3.05) is 31.2 Å². The zero-order valence-electron chi connectivity index (χ0n) is 6.88. The third-order valence-electron chi connectivity index (χ3n) is 1.97. The van der Waals surface area contributed by atoms with Gasteiger partial charge in [-0.2, -0.15) is 11.8 Å². The molecule has 2 N–H and O–H groups in total. The molecule has 2 nitrogen and oxygen atoms in total. The third kappa shape index (κ3) is 3.99. The Morgan fingerprint density at radius 2 is 2.45 bits per heavy atom. The van der Waals surface area contributed by atoms with E-state index in [-0.39, 0.29) is 0 Å². The monoisotopic (exact) mass is 175 g/mol. The van der Waals surface area contributed by atoms with Gasteiger partial charge in [0.05, 0.1) is 0 Å². The van der Waals surface area contributed by atoms with Crippen LogP contribution < -0.4 is 5.32 Å². The van der Waals surface area contributed by atoms with Crippen LogP contribution in [0.3, 0.4) is 0 Å². The molecule has 0 radical (unpaired) electrons. The Hall–Kier alpha value is 0.270. The van der Waals surface area contributed by atoms with E-state index in [0.29, 0.717) is 6.61 Å². The number of thioether (sulfide) groups is 1. The van der Waals surface area contributed by atoms with Gasteiger partial charge in [0.15, 0.2) is 0 Å². The number of aliphatic hydroxyl groups is 1. The van der Waals surface area contributed by atoms with Crippen molar-refractivity contribution in [3.05, 3.63) is 0 Å². The Kier molecular flexibility index (Phi) is 4.99. The summed E-state index contributed by atoms with van der Waals surface area (Å²) in [4.78, 5) is 0. The van der Waals surface area contributed by atoms with Crippen molar-refractivity contribution in [2.45, 2.75) is 12.8 Å². The zero-order chi connectivity index (χ0) is 7.94. The lowest BCUT2D eigenvalue weighted by molar-refractivity contribution is 0.285. The van der Waals surface area contributed by atoms with E-state index < -0.39 is 0 Å². The highest BCUT2D eigenvalue weighted by Crippen LogP contribution is 2.22. The smallest absolute Gasteiger partial charge is 0.0443 e. The van der Waals surface area contributed by atoms with Crippen LogP contribution >= 0.6 is 11.8 Å². The van der Waals surface area contributed by atoms with Crippen molar-refractivity contribution in [1.29, 1.82) is 0 Å². The number of aliphatic hydroxyl groups excluding tert-OH is 1. The van der Waals surface area contributed by atoms with Crippen LogP contribution in [0.4, 0.5) is 0 Å². The molecule has 1 saturated heterocycles. The molecule has 1 rings (SSSR count). The molecule has 0 amide bonds. The van der Waals surface area contributed by atoms with Crippen molar-refractivity contribution in [2.24, 2.45) is 5.92 Å². The van der Waals surface area contributed by atoms with E-state index in [1.165, 1.54) is 17.9 Å². The van der Waals surface area contributed by atoms with Gasteiger partial charge in [-0.15, -0.1) is 0 Å². The fraction of sp³-hybridized carbons (Fsp3) is 1.00. The minimum atomic E-state index is 0.312. The lowest BCUT2D eigenvalue weighted by Gasteiger charge is -2.08. The van der Waals surface area contributed by atoms with Gasteiger partial charge >= 0.3 is 0 Å². The average Bonchev–Trinajstić information content (AvgIpc) is 2.50. The van der Waals surface area contributed by atoms with Crippen molar-refractivity contribution in [1.82, 2.24) is 5.32 Å². The lowest BCUT2D eigenvalue weighted by Crippen LogP contribution is -2.24. The molecule has 1 heterocycles. The first-order valence-electron chi connectivity index (χ1n) is 4.33. The summed E-state index contributed by atoms with van der Waals surface area (Å²) in [6.07, 6.45) is 2.26. The van der Waals surface area contributed by atoms with Gasteiger partial charge in [0.2, 0.25) is 0 Å². The second kappa shape index (κ2) is 5.86. The van der Waals surface area contributed by atoms with Crippen LogP contribution in [0, 0.1) is 5.92 Å². The zero-order valence-corrected chi connectivity index (χ0v) is 7.70. The third-order valence-corrected chi connectivity index (χ3v) is 3.20. The minimum absolute atomic E-state index is 0.312. The molecule has 0 aromatic heterocycles. The highest BCUT2D eigenvalue weighted by atomic mass is 32.2. The van der Waals surface area contributed by atoms with Gasteiger partial charge in [0, 0.05) is 6.61 Å². The molecule has 1 aliphatic rings. The molecule has 1 atom stereocenters. The van der Waals surface area contributed by atoms with Gasteiger partial charge in [-0.05, 0) is 43.4 Å². The molecule has 0 aromatic rings. The summed E-state index contributed by atoms with van der Waals surface area (Å²) in [6.45, 7) is 2.43. The number of hydrogen-bond acceptors (Lipinski definition) is 3. The standard InChI is InChI=1S/C8H17NOS/c10-4-1-3-9-6-8-2-5-11-7-8/h8-10H,1-7H2. The minimum Gasteiger partial charge on any atom is -0.396 e. The Morgan fingerprint density at radius 3 is 3.09 bits per heavy atom. The average molecular weight is 175 g/mol. The molecule has 1 fully saturated rings. The van der Waals surface area contributed by atoms with E-state index in [0.717, 1.165) is 25.4 Å². The topological polar surface area (TPSA) is 32.3 Å². The maximum atomic E-state index is 8.51. The molecular formula is C8H17NOS. The Bertz CT molecular complexity index is 94.1. The maximum Gasteiger partial charge on any atom is 0.0443 e. The van der Waals surface area contributed by atoms with Crippen LogP contribution in [0.15, 0.2) is 0 Å². The largest absolute Gasteiger partial charge is 0.396 e. The van der Waals surface area contributed by atoms with E-state index in [1.807, 2.05) is 0 Å². The van der Waals surface area contributed by atoms with Crippen LogP contribution in [0.2, 0.25) is 0 Å². The predicted octanol–water partition coefficient (Wildman–Crippen LogP) is 0.711. The van der Waals surface area contributed by atoms with E-state index in [2.05, 4.69) is 17.1 Å².